The predicted molar refractivity (Wildman–Crippen MR) is 82.3 cm³/mol. The minimum atomic E-state index is -0.269. The van der Waals surface area contributed by atoms with Gasteiger partial charge in [-0.2, -0.15) is 5.10 Å². The molecule has 0 aromatic carbocycles. The number of carbonyl (C=O) groups excluding carboxylic acids is 1. The van der Waals surface area contributed by atoms with Crippen LogP contribution in [0.15, 0.2) is 6.07 Å². The van der Waals surface area contributed by atoms with Gasteiger partial charge in [-0.3, -0.25) is 9.48 Å². The van der Waals surface area contributed by atoms with Crippen LogP contribution in [0, 0.1) is 12.8 Å². The third kappa shape index (κ3) is 3.46. The van der Waals surface area contributed by atoms with Crippen molar-refractivity contribution in [3.8, 4) is 0 Å². The lowest BCUT2D eigenvalue weighted by Gasteiger charge is -2.23. The van der Waals surface area contributed by atoms with E-state index in [0.29, 0.717) is 12.2 Å². The SMILES string of the molecule is Cc1cc(C(=O)N(C)CC2CCCC2O)nn1C(C)(C)C. The summed E-state index contributed by atoms with van der Waals surface area (Å²) in [5.41, 5.74) is 1.33. The van der Waals surface area contributed by atoms with Gasteiger partial charge in [0.05, 0.1) is 11.6 Å². The lowest BCUT2D eigenvalue weighted by atomic mass is 10.1. The highest BCUT2D eigenvalue weighted by Crippen LogP contribution is 2.26. The Morgan fingerprint density at radius 1 is 1.48 bits per heavy atom. The molecule has 1 fully saturated rings. The molecule has 2 atom stereocenters. The van der Waals surface area contributed by atoms with Crippen LogP contribution >= 0.6 is 0 Å². The standard InChI is InChI=1S/C16H27N3O2/c1-11-9-13(17-19(11)16(2,3)4)15(21)18(5)10-12-7-6-8-14(12)20/h9,12,14,20H,6-8,10H2,1-5H3. The van der Waals surface area contributed by atoms with Crippen molar-refractivity contribution in [1.82, 2.24) is 14.7 Å². The number of amides is 1. The van der Waals surface area contributed by atoms with Crippen molar-refractivity contribution in [2.45, 2.75) is 58.6 Å². The molecule has 0 aliphatic heterocycles. The fourth-order valence-corrected chi connectivity index (χ4v) is 3.12. The molecule has 1 aromatic rings. The maximum Gasteiger partial charge on any atom is 0.274 e. The molecular formula is C16H27N3O2. The first-order valence-electron chi connectivity index (χ1n) is 7.71. The van der Waals surface area contributed by atoms with E-state index in [0.717, 1.165) is 25.0 Å². The van der Waals surface area contributed by atoms with E-state index in [1.807, 2.05) is 17.7 Å². The molecule has 0 saturated heterocycles. The molecule has 0 bridgehead atoms. The second-order valence-corrected chi connectivity index (χ2v) is 7.20. The molecule has 0 spiro atoms. The molecule has 1 saturated carbocycles. The molecule has 5 nitrogen and oxygen atoms in total. The lowest BCUT2D eigenvalue weighted by Crippen LogP contribution is -2.35. The summed E-state index contributed by atoms with van der Waals surface area (Å²) >= 11 is 0. The predicted octanol–water partition coefficient (Wildman–Crippen LogP) is 2.18. The number of carbonyl (C=O) groups is 1. The van der Waals surface area contributed by atoms with E-state index in [1.54, 1.807) is 11.9 Å². The van der Waals surface area contributed by atoms with Gasteiger partial charge in [-0.25, -0.2) is 0 Å². The first-order valence-corrected chi connectivity index (χ1v) is 7.71. The van der Waals surface area contributed by atoms with Gasteiger partial charge in [-0.15, -0.1) is 0 Å². The highest BCUT2D eigenvalue weighted by atomic mass is 16.3. The Balaban J connectivity index is 2.09. The second kappa shape index (κ2) is 5.79. The van der Waals surface area contributed by atoms with E-state index >= 15 is 0 Å². The van der Waals surface area contributed by atoms with Crippen LogP contribution in [0.4, 0.5) is 0 Å². The molecule has 1 heterocycles. The third-order valence-corrected chi connectivity index (χ3v) is 4.22. The lowest BCUT2D eigenvalue weighted by molar-refractivity contribution is 0.0687. The van der Waals surface area contributed by atoms with Crippen molar-refractivity contribution in [3.05, 3.63) is 17.5 Å². The zero-order chi connectivity index (χ0) is 15.8. The number of nitrogens with zero attached hydrogens (tertiary/aromatic N) is 3. The quantitative estimate of drug-likeness (QED) is 0.929. The monoisotopic (exact) mass is 293 g/mol. The van der Waals surface area contributed by atoms with Gasteiger partial charge < -0.3 is 10.0 Å². The van der Waals surface area contributed by atoms with E-state index in [-0.39, 0.29) is 23.5 Å². The van der Waals surface area contributed by atoms with Crippen molar-refractivity contribution in [1.29, 1.82) is 0 Å². The smallest absolute Gasteiger partial charge is 0.274 e. The summed E-state index contributed by atoms with van der Waals surface area (Å²) in [7, 11) is 1.79. The van der Waals surface area contributed by atoms with E-state index in [2.05, 4.69) is 25.9 Å². The van der Waals surface area contributed by atoms with Crippen LogP contribution in [0.25, 0.3) is 0 Å². The minimum Gasteiger partial charge on any atom is -0.393 e. The Labute approximate surface area is 126 Å². The summed E-state index contributed by atoms with van der Waals surface area (Å²) in [5.74, 6) is 0.130. The van der Waals surface area contributed by atoms with Gasteiger partial charge in [-0.1, -0.05) is 6.42 Å². The molecule has 1 aliphatic carbocycles. The summed E-state index contributed by atoms with van der Waals surface area (Å²) in [6.45, 7) is 8.77. The van der Waals surface area contributed by atoms with Gasteiger partial charge in [0, 0.05) is 25.2 Å². The average Bonchev–Trinajstić information content (AvgIpc) is 2.95. The first kappa shape index (κ1) is 16.0. The largest absolute Gasteiger partial charge is 0.393 e. The Morgan fingerprint density at radius 2 is 2.14 bits per heavy atom. The summed E-state index contributed by atoms with van der Waals surface area (Å²) in [6.07, 6.45) is 2.62. The van der Waals surface area contributed by atoms with Gasteiger partial charge in [0.2, 0.25) is 0 Å². The van der Waals surface area contributed by atoms with E-state index in [9.17, 15) is 9.90 Å². The zero-order valence-corrected chi connectivity index (χ0v) is 13.8. The molecule has 2 rings (SSSR count). The molecule has 0 radical (unpaired) electrons. The van der Waals surface area contributed by atoms with Crippen LogP contribution in [0.5, 0.6) is 0 Å². The summed E-state index contributed by atoms with van der Waals surface area (Å²) in [4.78, 5) is 14.2. The molecule has 2 unspecified atom stereocenters. The fraction of sp³-hybridized carbons (Fsp3) is 0.750. The van der Waals surface area contributed by atoms with Gasteiger partial charge in [-0.05, 0) is 46.6 Å². The van der Waals surface area contributed by atoms with Crippen molar-refractivity contribution < 1.29 is 9.90 Å². The second-order valence-electron chi connectivity index (χ2n) is 7.20. The van der Waals surface area contributed by atoms with Gasteiger partial charge in [0.25, 0.3) is 5.91 Å². The van der Waals surface area contributed by atoms with Gasteiger partial charge >= 0.3 is 0 Å². The van der Waals surface area contributed by atoms with Crippen LogP contribution in [-0.4, -0.2) is 45.4 Å². The minimum absolute atomic E-state index is 0.0693. The van der Waals surface area contributed by atoms with Crippen LogP contribution in [0.2, 0.25) is 0 Å². The van der Waals surface area contributed by atoms with Crippen molar-refractivity contribution in [2.24, 2.45) is 5.92 Å². The Hall–Kier alpha value is -1.36. The van der Waals surface area contributed by atoms with Crippen LogP contribution in [0.1, 0.15) is 56.2 Å². The third-order valence-electron chi connectivity index (χ3n) is 4.22. The van der Waals surface area contributed by atoms with Crippen LogP contribution in [0.3, 0.4) is 0 Å². The number of hydrogen-bond donors (Lipinski definition) is 1. The summed E-state index contributed by atoms with van der Waals surface area (Å²) < 4.78 is 1.89. The molecule has 21 heavy (non-hydrogen) atoms. The number of aliphatic hydroxyl groups is 1. The maximum absolute atomic E-state index is 12.5. The molecule has 1 N–H and O–H groups in total. The van der Waals surface area contributed by atoms with Crippen molar-refractivity contribution >= 4 is 5.91 Å². The maximum atomic E-state index is 12.5. The number of aromatic nitrogens is 2. The molecule has 5 heteroatoms. The Morgan fingerprint density at radius 3 is 2.62 bits per heavy atom. The van der Waals surface area contributed by atoms with Crippen LogP contribution in [-0.2, 0) is 5.54 Å². The van der Waals surface area contributed by atoms with E-state index in [4.69, 9.17) is 0 Å². The van der Waals surface area contributed by atoms with E-state index < -0.39 is 0 Å². The Bertz CT molecular complexity index is 516. The van der Waals surface area contributed by atoms with Crippen LogP contribution < -0.4 is 0 Å². The number of rotatable bonds is 3. The molecule has 1 amide bonds. The summed E-state index contributed by atoms with van der Waals surface area (Å²) in [6, 6.07) is 1.84. The van der Waals surface area contributed by atoms with E-state index in [1.165, 1.54) is 0 Å². The highest BCUT2D eigenvalue weighted by molar-refractivity contribution is 5.92. The molecular weight excluding hydrogens is 266 g/mol. The molecule has 1 aromatic heterocycles. The first-order chi connectivity index (χ1) is 9.70. The number of hydrogen-bond acceptors (Lipinski definition) is 3. The topological polar surface area (TPSA) is 58.4 Å². The normalized spacial score (nSPS) is 22.6. The number of aryl methyl sites for hydroxylation is 1. The average molecular weight is 293 g/mol. The van der Waals surface area contributed by atoms with Gasteiger partial charge in [0.1, 0.15) is 0 Å². The summed E-state index contributed by atoms with van der Waals surface area (Å²) in [5, 5.41) is 14.3. The molecule has 1 aliphatic rings. The van der Waals surface area contributed by atoms with Crippen molar-refractivity contribution in [3.63, 3.8) is 0 Å². The number of aliphatic hydroxyl groups excluding tert-OH is 1. The highest BCUT2D eigenvalue weighted by Gasteiger charge is 2.29. The zero-order valence-electron chi connectivity index (χ0n) is 13.8. The fourth-order valence-electron chi connectivity index (χ4n) is 3.12. The van der Waals surface area contributed by atoms with Crippen molar-refractivity contribution in [2.75, 3.05) is 13.6 Å². The molecule has 118 valence electrons. The Kier molecular flexibility index (Phi) is 4.42. The van der Waals surface area contributed by atoms with Gasteiger partial charge in [0.15, 0.2) is 5.69 Å².